The van der Waals surface area contributed by atoms with Gasteiger partial charge in [0.1, 0.15) is 5.15 Å². The van der Waals surface area contributed by atoms with Crippen LogP contribution in [-0.2, 0) is 26.4 Å². The number of rotatable bonds is 5. The second kappa shape index (κ2) is 6.63. The van der Waals surface area contributed by atoms with Gasteiger partial charge in [0, 0.05) is 43.9 Å². The van der Waals surface area contributed by atoms with Crippen molar-refractivity contribution in [2.24, 2.45) is 13.0 Å². The summed E-state index contributed by atoms with van der Waals surface area (Å²) in [6.07, 6.45) is 1.33. The third kappa shape index (κ3) is 3.44. The molecule has 2 N–H and O–H groups in total. The Morgan fingerprint density at radius 1 is 1.43 bits per heavy atom. The minimum absolute atomic E-state index is 0.207. The lowest BCUT2D eigenvalue weighted by molar-refractivity contribution is 0.140. The van der Waals surface area contributed by atoms with Crippen molar-refractivity contribution in [1.82, 2.24) is 24.9 Å². The molecule has 0 aromatic carbocycles. The Kier molecular flexibility index (Phi) is 4.75. The molecule has 6 nitrogen and oxygen atoms in total. The maximum atomic E-state index is 10.4. The molecule has 2 atom stereocenters. The molecule has 1 fully saturated rings. The molecule has 126 valence electrons. The van der Waals surface area contributed by atoms with E-state index >= 15 is 0 Å². The first-order valence-corrected chi connectivity index (χ1v) is 8.47. The van der Waals surface area contributed by atoms with E-state index in [9.17, 15) is 5.11 Å². The maximum Gasteiger partial charge on any atom is 0.131 e. The van der Waals surface area contributed by atoms with Gasteiger partial charge in [-0.05, 0) is 25.8 Å². The van der Waals surface area contributed by atoms with Crippen LogP contribution in [0.5, 0.6) is 0 Å². The largest absolute Gasteiger partial charge is 0.391 e. The quantitative estimate of drug-likeness (QED) is 0.871. The van der Waals surface area contributed by atoms with Crippen LogP contribution in [0.3, 0.4) is 0 Å². The van der Waals surface area contributed by atoms with Gasteiger partial charge in [-0.25, -0.2) is 0 Å². The van der Waals surface area contributed by atoms with Gasteiger partial charge in [0.25, 0.3) is 0 Å². The van der Waals surface area contributed by atoms with E-state index in [1.807, 2.05) is 20.0 Å². The highest BCUT2D eigenvalue weighted by Gasteiger charge is 2.32. The SMILES string of the molecule is CCc1nn(C)c(Cl)c1CN1C[C@@H](Cc2cc(C)[nH]n2)[C@@H](O)C1. The molecule has 0 bridgehead atoms. The highest BCUT2D eigenvalue weighted by Crippen LogP contribution is 2.27. The number of aliphatic hydroxyl groups is 1. The summed E-state index contributed by atoms with van der Waals surface area (Å²) < 4.78 is 1.73. The molecule has 7 heteroatoms. The zero-order chi connectivity index (χ0) is 16.6. The van der Waals surface area contributed by atoms with E-state index in [1.165, 1.54) is 0 Å². The van der Waals surface area contributed by atoms with Crippen LogP contribution in [0.1, 0.15) is 29.6 Å². The number of aryl methyl sites for hydroxylation is 3. The van der Waals surface area contributed by atoms with E-state index in [0.717, 1.165) is 48.6 Å². The lowest BCUT2D eigenvalue weighted by atomic mass is 10.0. The molecule has 1 saturated heterocycles. The van der Waals surface area contributed by atoms with Gasteiger partial charge in [-0.15, -0.1) is 0 Å². The molecule has 2 aromatic rings. The first kappa shape index (κ1) is 16.5. The molecule has 1 aliphatic rings. The number of nitrogens with zero attached hydrogens (tertiary/aromatic N) is 4. The van der Waals surface area contributed by atoms with Crippen LogP contribution in [-0.4, -0.2) is 49.2 Å². The summed E-state index contributed by atoms with van der Waals surface area (Å²) in [5, 5.41) is 22.8. The normalized spacial score (nSPS) is 22.1. The van der Waals surface area contributed by atoms with E-state index in [4.69, 9.17) is 11.6 Å². The number of β-amino-alcohol motifs (C(OH)–C–C–N with tert-alkyl or cyclic N) is 1. The molecular weight excluding hydrogens is 314 g/mol. The predicted octanol–water partition coefficient (Wildman–Crippen LogP) is 1.70. The van der Waals surface area contributed by atoms with E-state index in [1.54, 1.807) is 4.68 Å². The number of aromatic nitrogens is 4. The Morgan fingerprint density at radius 3 is 2.87 bits per heavy atom. The van der Waals surface area contributed by atoms with E-state index in [0.29, 0.717) is 11.7 Å². The number of nitrogens with one attached hydrogen (secondary N) is 1. The highest BCUT2D eigenvalue weighted by atomic mass is 35.5. The minimum atomic E-state index is -0.326. The van der Waals surface area contributed by atoms with Crippen LogP contribution in [0, 0.1) is 12.8 Å². The Bertz CT molecular complexity index is 680. The average molecular weight is 338 g/mol. The van der Waals surface area contributed by atoms with Gasteiger partial charge in [-0.2, -0.15) is 10.2 Å². The van der Waals surface area contributed by atoms with E-state index < -0.39 is 0 Å². The number of aromatic amines is 1. The Hall–Kier alpha value is -1.37. The van der Waals surface area contributed by atoms with Gasteiger partial charge < -0.3 is 5.11 Å². The van der Waals surface area contributed by atoms with Gasteiger partial charge in [-0.1, -0.05) is 18.5 Å². The first-order chi connectivity index (χ1) is 11.0. The van der Waals surface area contributed by atoms with Crippen molar-refractivity contribution in [3.05, 3.63) is 33.9 Å². The smallest absolute Gasteiger partial charge is 0.131 e. The first-order valence-electron chi connectivity index (χ1n) is 8.09. The third-order valence-electron chi connectivity index (χ3n) is 4.58. The second-order valence-electron chi connectivity index (χ2n) is 6.46. The fourth-order valence-electron chi connectivity index (χ4n) is 3.38. The Labute approximate surface area is 141 Å². The molecule has 0 saturated carbocycles. The topological polar surface area (TPSA) is 70.0 Å². The molecule has 0 aliphatic carbocycles. The predicted molar refractivity (Wildman–Crippen MR) is 89.4 cm³/mol. The van der Waals surface area contributed by atoms with Crippen molar-refractivity contribution in [3.8, 4) is 0 Å². The van der Waals surface area contributed by atoms with Crippen LogP contribution in [0.4, 0.5) is 0 Å². The van der Waals surface area contributed by atoms with Gasteiger partial charge in [0.05, 0.1) is 17.5 Å². The van der Waals surface area contributed by atoms with Crippen LogP contribution in [0.25, 0.3) is 0 Å². The number of aliphatic hydroxyl groups excluding tert-OH is 1. The maximum absolute atomic E-state index is 10.4. The molecule has 0 radical (unpaired) electrons. The molecule has 0 amide bonds. The molecule has 0 spiro atoms. The van der Waals surface area contributed by atoms with Gasteiger partial charge >= 0.3 is 0 Å². The van der Waals surface area contributed by atoms with Gasteiger partial charge in [0.15, 0.2) is 0 Å². The summed E-state index contributed by atoms with van der Waals surface area (Å²) in [5.41, 5.74) is 4.19. The fraction of sp³-hybridized carbons (Fsp3) is 0.625. The molecule has 1 aliphatic heterocycles. The summed E-state index contributed by atoms with van der Waals surface area (Å²) in [4.78, 5) is 2.26. The molecular formula is C16H24ClN5O. The molecule has 3 rings (SSSR count). The number of hydrogen-bond donors (Lipinski definition) is 2. The lowest BCUT2D eigenvalue weighted by Crippen LogP contribution is -2.22. The average Bonchev–Trinajstić information content (AvgIpc) is 3.15. The standard InChI is InChI=1S/C16H24ClN5O/c1-4-14-13(16(17)21(3)20-14)8-22-7-11(15(23)9-22)6-12-5-10(2)18-19-12/h5,11,15,23H,4,6-9H2,1-3H3,(H,18,19)/t11-,15+/m1/s1. The second-order valence-corrected chi connectivity index (χ2v) is 6.82. The third-order valence-corrected chi connectivity index (χ3v) is 5.05. The zero-order valence-corrected chi connectivity index (χ0v) is 14.6. The van der Waals surface area contributed by atoms with E-state index in [-0.39, 0.29) is 12.0 Å². The van der Waals surface area contributed by atoms with Gasteiger partial charge in [-0.3, -0.25) is 14.7 Å². The molecule has 23 heavy (non-hydrogen) atoms. The summed E-state index contributed by atoms with van der Waals surface area (Å²) in [5.74, 6) is 0.207. The minimum Gasteiger partial charge on any atom is -0.391 e. The molecule has 0 unspecified atom stereocenters. The number of halogens is 1. The van der Waals surface area contributed by atoms with Crippen LogP contribution >= 0.6 is 11.6 Å². The van der Waals surface area contributed by atoms with Crippen LogP contribution in [0.15, 0.2) is 6.07 Å². The van der Waals surface area contributed by atoms with Crippen LogP contribution < -0.4 is 0 Å². The summed E-state index contributed by atoms with van der Waals surface area (Å²) in [6.45, 7) is 6.33. The van der Waals surface area contributed by atoms with Crippen molar-refractivity contribution < 1.29 is 5.11 Å². The van der Waals surface area contributed by atoms with Crippen LogP contribution in [0.2, 0.25) is 5.15 Å². The lowest BCUT2D eigenvalue weighted by Gasteiger charge is -2.15. The summed E-state index contributed by atoms with van der Waals surface area (Å²) in [6, 6.07) is 2.04. The zero-order valence-electron chi connectivity index (χ0n) is 13.9. The molecule has 2 aromatic heterocycles. The molecule has 3 heterocycles. The van der Waals surface area contributed by atoms with Crippen molar-refractivity contribution in [2.75, 3.05) is 13.1 Å². The summed E-state index contributed by atoms with van der Waals surface area (Å²) >= 11 is 6.37. The van der Waals surface area contributed by atoms with Gasteiger partial charge in [0.2, 0.25) is 0 Å². The highest BCUT2D eigenvalue weighted by molar-refractivity contribution is 6.30. The number of hydrogen-bond acceptors (Lipinski definition) is 4. The van der Waals surface area contributed by atoms with Crippen molar-refractivity contribution in [1.29, 1.82) is 0 Å². The van der Waals surface area contributed by atoms with Crippen molar-refractivity contribution in [3.63, 3.8) is 0 Å². The van der Waals surface area contributed by atoms with E-state index in [2.05, 4.69) is 27.1 Å². The Morgan fingerprint density at radius 2 is 2.22 bits per heavy atom. The van der Waals surface area contributed by atoms with Crippen molar-refractivity contribution in [2.45, 2.75) is 39.3 Å². The number of likely N-dealkylation sites (tertiary alicyclic amines) is 1. The monoisotopic (exact) mass is 337 g/mol. The fourth-order valence-corrected chi connectivity index (χ4v) is 3.59. The summed E-state index contributed by atoms with van der Waals surface area (Å²) in [7, 11) is 1.87. The Balaban J connectivity index is 1.67. The van der Waals surface area contributed by atoms with Crippen molar-refractivity contribution >= 4 is 11.6 Å². The number of H-pyrrole nitrogens is 1.